The normalized spacial score (nSPS) is 13.0. The summed E-state index contributed by atoms with van der Waals surface area (Å²) in [7, 11) is -3.99. The SMILES string of the molecule is C[N+](C)(C)c1ccc(S(C)(=O)=O)c(C(=O)O)c1.O=S(=O)([O-])C(F)(F)F. The number of alkyl halides is 3. The molecule has 0 atom stereocenters. The van der Waals surface area contributed by atoms with E-state index in [9.17, 15) is 26.4 Å². The lowest BCUT2D eigenvalue weighted by molar-refractivity contribution is -0.0517. The van der Waals surface area contributed by atoms with Gasteiger partial charge in [-0.05, 0) is 6.07 Å². The number of benzene rings is 1. The molecule has 1 N–H and O–H groups in total. The highest BCUT2D eigenvalue weighted by atomic mass is 32.2. The summed E-state index contributed by atoms with van der Waals surface area (Å²) in [6, 6.07) is 4.37. The number of sulfone groups is 1. The molecule has 0 spiro atoms. The smallest absolute Gasteiger partial charge is 0.485 e. The van der Waals surface area contributed by atoms with Gasteiger partial charge >= 0.3 is 11.5 Å². The molecule has 0 aliphatic carbocycles. The average molecular weight is 407 g/mol. The van der Waals surface area contributed by atoms with Gasteiger partial charge in [0.05, 0.1) is 31.6 Å². The third kappa shape index (κ3) is 6.97. The number of carboxylic acid groups (broad SMARTS) is 1. The van der Waals surface area contributed by atoms with Crippen LogP contribution in [0.2, 0.25) is 0 Å². The number of nitrogens with zero attached hydrogens (tertiary/aromatic N) is 1. The second kappa shape index (κ2) is 7.27. The maximum atomic E-state index is 11.5. The van der Waals surface area contributed by atoms with Crippen LogP contribution < -0.4 is 4.48 Å². The lowest BCUT2D eigenvalue weighted by atomic mass is 10.2. The minimum Gasteiger partial charge on any atom is -0.741 e. The molecule has 0 aromatic heterocycles. The molecule has 8 nitrogen and oxygen atoms in total. The van der Waals surface area contributed by atoms with Crippen LogP contribution in [0, 0.1) is 0 Å². The number of hydrogen-bond donors (Lipinski definition) is 1. The van der Waals surface area contributed by atoms with E-state index in [1.807, 2.05) is 21.1 Å². The predicted octanol–water partition coefficient (Wildman–Crippen LogP) is 1.04. The fourth-order valence-corrected chi connectivity index (χ4v) is 2.29. The van der Waals surface area contributed by atoms with E-state index in [4.69, 9.17) is 18.1 Å². The summed E-state index contributed by atoms with van der Waals surface area (Å²) >= 11 is 0. The van der Waals surface area contributed by atoms with Crippen molar-refractivity contribution in [2.45, 2.75) is 10.4 Å². The Balaban J connectivity index is 0.000000609. The van der Waals surface area contributed by atoms with Crippen LogP contribution in [0.15, 0.2) is 23.1 Å². The van der Waals surface area contributed by atoms with Crippen LogP contribution in [0.4, 0.5) is 18.9 Å². The maximum absolute atomic E-state index is 11.5. The van der Waals surface area contributed by atoms with Crippen molar-refractivity contribution >= 4 is 31.6 Å². The molecule has 0 radical (unpaired) electrons. The highest BCUT2D eigenvalue weighted by Gasteiger charge is 2.36. The molecule has 0 saturated carbocycles. The van der Waals surface area contributed by atoms with Gasteiger partial charge in [0, 0.05) is 18.4 Å². The summed E-state index contributed by atoms with van der Waals surface area (Å²) in [5.74, 6) is -1.24. The lowest BCUT2D eigenvalue weighted by Crippen LogP contribution is -2.35. The second-order valence-electron chi connectivity index (χ2n) is 5.67. The summed E-state index contributed by atoms with van der Waals surface area (Å²) in [6.45, 7) is 0. The third-order valence-electron chi connectivity index (χ3n) is 2.65. The van der Waals surface area contributed by atoms with Crippen LogP contribution in [-0.4, -0.2) is 65.4 Å². The molecule has 1 aromatic carbocycles. The minimum absolute atomic E-state index is 0.151. The van der Waals surface area contributed by atoms with Gasteiger partial charge in [-0.15, -0.1) is 0 Å². The summed E-state index contributed by atoms with van der Waals surface area (Å²) in [4.78, 5) is 10.9. The number of halogens is 3. The molecule has 0 saturated heterocycles. The van der Waals surface area contributed by atoms with E-state index in [1.165, 1.54) is 12.1 Å². The molecule has 0 unspecified atom stereocenters. The first-order valence-corrected chi connectivity index (χ1v) is 9.50. The van der Waals surface area contributed by atoms with Crippen molar-refractivity contribution in [1.82, 2.24) is 4.48 Å². The molecule has 0 amide bonds. The number of hydrogen-bond acceptors (Lipinski definition) is 6. The highest BCUT2D eigenvalue weighted by Crippen LogP contribution is 2.24. The number of carboxylic acids is 1. The number of carbonyl (C=O) groups is 1. The van der Waals surface area contributed by atoms with Crippen LogP contribution in [0.25, 0.3) is 0 Å². The zero-order chi connectivity index (χ0) is 20.4. The van der Waals surface area contributed by atoms with Crippen LogP contribution in [0.3, 0.4) is 0 Å². The van der Waals surface area contributed by atoms with E-state index in [-0.39, 0.29) is 10.5 Å². The molecule has 1 aromatic rings. The molecule has 0 fully saturated rings. The summed E-state index contributed by atoms with van der Waals surface area (Å²) < 4.78 is 82.2. The Hall–Kier alpha value is -1.70. The van der Waals surface area contributed by atoms with Crippen LogP contribution in [0.1, 0.15) is 10.4 Å². The molecule has 1 rings (SSSR count). The van der Waals surface area contributed by atoms with Crippen LogP contribution in [-0.2, 0) is 20.0 Å². The Morgan fingerprint density at radius 1 is 1.12 bits per heavy atom. The lowest BCUT2D eigenvalue weighted by Gasteiger charge is -2.24. The quantitative estimate of drug-likeness (QED) is 0.450. The van der Waals surface area contributed by atoms with Gasteiger partial charge in [-0.1, -0.05) is 0 Å². The fraction of sp³-hybridized carbons (Fsp3) is 0.417. The summed E-state index contributed by atoms with van der Waals surface area (Å²) in [5, 5.41) is 9.05. The minimum atomic E-state index is -6.09. The number of quaternary nitrogens is 1. The van der Waals surface area contributed by atoms with Crippen molar-refractivity contribution in [2.24, 2.45) is 0 Å². The fourth-order valence-electron chi connectivity index (χ4n) is 1.43. The van der Waals surface area contributed by atoms with Gasteiger partial charge in [-0.3, -0.25) is 4.48 Å². The van der Waals surface area contributed by atoms with Gasteiger partial charge in [0.15, 0.2) is 20.0 Å². The standard InChI is InChI=1S/C11H15NO4S.CHF3O3S/c1-12(2,3)8-5-6-10(17(4,15)16)9(7-8)11(13)14;2-1(3,4)8(5,6)7/h5-7H,1-4H3;(H,5,6,7). The second-order valence-corrected chi connectivity index (χ2v) is 9.03. The van der Waals surface area contributed by atoms with E-state index >= 15 is 0 Å². The van der Waals surface area contributed by atoms with E-state index in [0.717, 1.165) is 11.9 Å². The van der Waals surface area contributed by atoms with Gasteiger partial charge < -0.3 is 9.66 Å². The summed E-state index contributed by atoms with van der Waals surface area (Å²) in [6.07, 6.45) is 1.00. The van der Waals surface area contributed by atoms with E-state index in [2.05, 4.69) is 0 Å². The van der Waals surface area contributed by atoms with Crippen molar-refractivity contribution in [1.29, 1.82) is 0 Å². The zero-order valence-corrected chi connectivity index (χ0v) is 15.2. The predicted molar refractivity (Wildman–Crippen MR) is 81.8 cm³/mol. The molecular weight excluding hydrogens is 391 g/mol. The molecule has 0 aliphatic rings. The van der Waals surface area contributed by atoms with Crippen molar-refractivity contribution in [3.05, 3.63) is 23.8 Å². The highest BCUT2D eigenvalue weighted by molar-refractivity contribution is 7.90. The molecule has 0 bridgehead atoms. The maximum Gasteiger partial charge on any atom is 0.485 e. The Kier molecular flexibility index (Phi) is 6.78. The first kappa shape index (κ1) is 23.3. The molecular formula is C12H16F3NO7S2. The van der Waals surface area contributed by atoms with Crippen LogP contribution in [0.5, 0.6) is 0 Å². The summed E-state index contributed by atoms with van der Waals surface area (Å²) in [5.41, 5.74) is -5.10. The molecule has 144 valence electrons. The van der Waals surface area contributed by atoms with E-state index in [0.29, 0.717) is 4.48 Å². The van der Waals surface area contributed by atoms with Gasteiger partial charge in [-0.2, -0.15) is 13.2 Å². The first-order chi connectivity index (χ1) is 10.8. The van der Waals surface area contributed by atoms with E-state index in [1.54, 1.807) is 6.07 Å². The Labute approximate surface area is 142 Å². The average Bonchev–Trinajstić information content (AvgIpc) is 2.34. The molecule has 0 aliphatic heterocycles. The number of rotatable bonds is 3. The molecule has 25 heavy (non-hydrogen) atoms. The Morgan fingerprint density at radius 2 is 1.52 bits per heavy atom. The van der Waals surface area contributed by atoms with Gasteiger partial charge in [-0.25, -0.2) is 21.6 Å². The Bertz CT molecular complexity index is 854. The van der Waals surface area contributed by atoms with Gasteiger partial charge in [0.1, 0.15) is 5.69 Å². The zero-order valence-electron chi connectivity index (χ0n) is 13.5. The molecule has 0 heterocycles. The van der Waals surface area contributed by atoms with Crippen molar-refractivity contribution in [2.75, 3.05) is 27.4 Å². The van der Waals surface area contributed by atoms with Gasteiger partial charge in [0.2, 0.25) is 0 Å². The number of aromatic carboxylic acids is 1. The van der Waals surface area contributed by atoms with Crippen molar-refractivity contribution in [3.63, 3.8) is 0 Å². The Morgan fingerprint density at radius 3 is 1.76 bits per heavy atom. The van der Waals surface area contributed by atoms with Gasteiger partial charge in [0.25, 0.3) is 0 Å². The van der Waals surface area contributed by atoms with E-state index < -0.39 is 31.4 Å². The van der Waals surface area contributed by atoms with Crippen LogP contribution >= 0.6 is 0 Å². The monoisotopic (exact) mass is 407 g/mol. The first-order valence-electron chi connectivity index (χ1n) is 6.20. The third-order valence-corrected chi connectivity index (χ3v) is 4.37. The largest absolute Gasteiger partial charge is 0.741 e. The van der Waals surface area contributed by atoms with Crippen molar-refractivity contribution in [3.8, 4) is 0 Å². The van der Waals surface area contributed by atoms with Crippen molar-refractivity contribution < 1.29 is 44.5 Å². The topological polar surface area (TPSA) is 129 Å². The molecule has 13 heteroatoms.